The van der Waals surface area contributed by atoms with Crippen molar-refractivity contribution in [2.24, 2.45) is 0 Å². The first kappa shape index (κ1) is 9.40. The van der Waals surface area contributed by atoms with E-state index in [4.69, 9.17) is 11.6 Å². The fourth-order valence-corrected chi connectivity index (χ4v) is 0.738. The zero-order valence-electron chi connectivity index (χ0n) is 4.34. The summed E-state index contributed by atoms with van der Waals surface area (Å²) in [5, 5.41) is 0.646. The summed E-state index contributed by atoms with van der Waals surface area (Å²) in [7, 11) is 0. The van der Waals surface area contributed by atoms with E-state index in [-0.39, 0.29) is 17.0 Å². The Balaban J connectivity index is 0.000000640. The number of aromatic nitrogens is 1. The van der Waals surface area contributed by atoms with E-state index in [0.29, 0.717) is 9.63 Å². The molecule has 0 aliphatic heterocycles. The molecule has 0 fully saturated rings. The lowest BCUT2D eigenvalue weighted by Crippen LogP contribution is -1.71. The van der Waals surface area contributed by atoms with Crippen molar-refractivity contribution >= 4 is 44.5 Å². The van der Waals surface area contributed by atoms with Crippen molar-refractivity contribution in [3.8, 4) is 0 Å². The van der Waals surface area contributed by atoms with Crippen LogP contribution in [-0.2, 0) is 0 Å². The van der Waals surface area contributed by atoms with Gasteiger partial charge in [-0.05, 0) is 28.1 Å². The van der Waals surface area contributed by atoms with E-state index in [9.17, 15) is 0 Å². The van der Waals surface area contributed by atoms with Gasteiger partial charge in [0.15, 0.2) is 0 Å². The molecule has 0 saturated carbocycles. The first-order valence-electron chi connectivity index (χ1n) is 2.07. The summed E-state index contributed by atoms with van der Waals surface area (Å²) in [4.78, 5) is 3.86. The van der Waals surface area contributed by atoms with E-state index >= 15 is 0 Å². The molecule has 0 N–H and O–H groups in total. The standard InChI is InChI=1S/C5H3BrClN.BrH/c6-5-4(7)2-1-3-8-5;/h1-3H;1H. The van der Waals surface area contributed by atoms with Gasteiger partial charge in [0.1, 0.15) is 4.60 Å². The normalized spacial score (nSPS) is 8.22. The highest BCUT2D eigenvalue weighted by Crippen LogP contribution is 2.17. The van der Waals surface area contributed by atoms with E-state index in [1.54, 1.807) is 18.3 Å². The number of rotatable bonds is 0. The molecular weight excluding hydrogens is 269 g/mol. The summed E-state index contributed by atoms with van der Waals surface area (Å²) in [6.45, 7) is 0. The van der Waals surface area contributed by atoms with Crippen molar-refractivity contribution in [3.05, 3.63) is 28.0 Å². The highest BCUT2D eigenvalue weighted by Gasteiger charge is 1.90. The van der Waals surface area contributed by atoms with Crippen molar-refractivity contribution in [2.75, 3.05) is 0 Å². The van der Waals surface area contributed by atoms with Crippen LogP contribution in [0.5, 0.6) is 0 Å². The van der Waals surface area contributed by atoms with Gasteiger partial charge in [0.25, 0.3) is 0 Å². The lowest BCUT2D eigenvalue weighted by Gasteiger charge is -1.88. The van der Waals surface area contributed by atoms with Gasteiger partial charge in [0.2, 0.25) is 0 Å². The molecule has 1 nitrogen and oxygen atoms in total. The van der Waals surface area contributed by atoms with Crippen molar-refractivity contribution in [2.45, 2.75) is 0 Å². The fraction of sp³-hybridized carbons (Fsp3) is 0. The molecule has 0 radical (unpaired) electrons. The Morgan fingerprint density at radius 1 is 1.56 bits per heavy atom. The molecular formula is C5H4Br2ClN. The molecule has 9 heavy (non-hydrogen) atoms. The van der Waals surface area contributed by atoms with Crippen LogP contribution in [0, 0.1) is 0 Å². The molecule has 0 atom stereocenters. The maximum atomic E-state index is 5.60. The van der Waals surface area contributed by atoms with Crippen LogP contribution in [0.4, 0.5) is 0 Å². The highest BCUT2D eigenvalue weighted by atomic mass is 79.9. The molecule has 0 aliphatic carbocycles. The van der Waals surface area contributed by atoms with E-state index in [1.807, 2.05) is 0 Å². The minimum atomic E-state index is 0. The zero-order chi connectivity index (χ0) is 5.98. The van der Waals surface area contributed by atoms with Gasteiger partial charge in [-0.15, -0.1) is 17.0 Å². The molecule has 0 aliphatic rings. The SMILES string of the molecule is Br.Clc1cccnc1Br. The molecule has 0 amide bonds. The third kappa shape index (κ3) is 2.65. The van der Waals surface area contributed by atoms with Crippen molar-refractivity contribution < 1.29 is 0 Å². The minimum absolute atomic E-state index is 0. The summed E-state index contributed by atoms with van der Waals surface area (Å²) in [6, 6.07) is 3.56. The Morgan fingerprint density at radius 3 is 2.56 bits per heavy atom. The van der Waals surface area contributed by atoms with Crippen molar-refractivity contribution in [1.82, 2.24) is 4.98 Å². The second-order valence-corrected chi connectivity index (χ2v) is 2.43. The predicted octanol–water partition coefficient (Wildman–Crippen LogP) is 3.08. The molecule has 0 bridgehead atoms. The average Bonchev–Trinajstić information content (AvgIpc) is 1.77. The van der Waals surface area contributed by atoms with E-state index in [2.05, 4.69) is 20.9 Å². The van der Waals surface area contributed by atoms with Gasteiger partial charge in [-0.3, -0.25) is 0 Å². The van der Waals surface area contributed by atoms with Crippen LogP contribution in [0.25, 0.3) is 0 Å². The van der Waals surface area contributed by atoms with Crippen LogP contribution >= 0.6 is 44.5 Å². The third-order valence-electron chi connectivity index (χ3n) is 0.714. The van der Waals surface area contributed by atoms with Gasteiger partial charge in [-0.1, -0.05) is 11.6 Å². The number of nitrogens with zero attached hydrogens (tertiary/aromatic N) is 1. The van der Waals surface area contributed by atoms with Crippen LogP contribution < -0.4 is 0 Å². The maximum absolute atomic E-state index is 5.60. The monoisotopic (exact) mass is 271 g/mol. The number of halogens is 3. The van der Waals surface area contributed by atoms with Gasteiger partial charge in [0, 0.05) is 6.20 Å². The Bertz CT molecular complexity index is 171. The topological polar surface area (TPSA) is 12.9 Å². The van der Waals surface area contributed by atoms with E-state index < -0.39 is 0 Å². The van der Waals surface area contributed by atoms with Gasteiger partial charge < -0.3 is 0 Å². The number of hydrogen-bond donors (Lipinski definition) is 0. The van der Waals surface area contributed by atoms with Crippen LogP contribution in [0.2, 0.25) is 5.02 Å². The Labute approximate surface area is 77.3 Å². The highest BCUT2D eigenvalue weighted by molar-refractivity contribution is 9.10. The van der Waals surface area contributed by atoms with Gasteiger partial charge >= 0.3 is 0 Å². The molecule has 50 valence electrons. The van der Waals surface area contributed by atoms with Crippen LogP contribution in [0.15, 0.2) is 22.9 Å². The molecule has 4 heteroatoms. The lowest BCUT2D eigenvalue weighted by atomic mass is 10.5. The molecule has 1 heterocycles. The smallest absolute Gasteiger partial charge is 0.124 e. The fourth-order valence-electron chi connectivity index (χ4n) is 0.366. The average molecular weight is 273 g/mol. The van der Waals surface area contributed by atoms with E-state index in [1.165, 1.54) is 0 Å². The summed E-state index contributed by atoms with van der Waals surface area (Å²) >= 11 is 8.75. The second kappa shape index (κ2) is 4.25. The van der Waals surface area contributed by atoms with Gasteiger partial charge in [0.05, 0.1) is 5.02 Å². The van der Waals surface area contributed by atoms with Crippen molar-refractivity contribution in [1.29, 1.82) is 0 Å². The summed E-state index contributed by atoms with van der Waals surface area (Å²) < 4.78 is 0.696. The Hall–Kier alpha value is 0.400. The van der Waals surface area contributed by atoms with Crippen LogP contribution in [-0.4, -0.2) is 4.98 Å². The van der Waals surface area contributed by atoms with Gasteiger partial charge in [-0.2, -0.15) is 0 Å². The Kier molecular flexibility index (Phi) is 4.44. The quantitative estimate of drug-likeness (QED) is 0.662. The first-order valence-corrected chi connectivity index (χ1v) is 3.24. The predicted molar refractivity (Wildman–Crippen MR) is 47.3 cm³/mol. The van der Waals surface area contributed by atoms with Crippen molar-refractivity contribution in [3.63, 3.8) is 0 Å². The maximum Gasteiger partial charge on any atom is 0.124 e. The molecule has 1 aromatic heterocycles. The summed E-state index contributed by atoms with van der Waals surface area (Å²) in [6.07, 6.45) is 1.68. The minimum Gasteiger partial charge on any atom is -0.248 e. The molecule has 1 aromatic rings. The summed E-state index contributed by atoms with van der Waals surface area (Å²) in [5.74, 6) is 0. The third-order valence-corrected chi connectivity index (χ3v) is 1.88. The molecule has 0 aromatic carbocycles. The number of pyridine rings is 1. The molecule has 1 rings (SSSR count). The lowest BCUT2D eigenvalue weighted by molar-refractivity contribution is 1.28. The zero-order valence-corrected chi connectivity index (χ0v) is 8.40. The Morgan fingerprint density at radius 2 is 2.22 bits per heavy atom. The number of hydrogen-bond acceptors (Lipinski definition) is 1. The largest absolute Gasteiger partial charge is 0.248 e. The molecule has 0 unspecified atom stereocenters. The van der Waals surface area contributed by atoms with Crippen LogP contribution in [0.1, 0.15) is 0 Å². The summed E-state index contributed by atoms with van der Waals surface area (Å²) in [5.41, 5.74) is 0. The van der Waals surface area contributed by atoms with Crippen LogP contribution in [0.3, 0.4) is 0 Å². The molecule has 0 saturated heterocycles. The van der Waals surface area contributed by atoms with E-state index in [0.717, 1.165) is 0 Å². The van der Waals surface area contributed by atoms with Gasteiger partial charge in [-0.25, -0.2) is 4.98 Å². The molecule has 0 spiro atoms. The first-order chi connectivity index (χ1) is 3.80. The second-order valence-electron chi connectivity index (χ2n) is 1.28.